The van der Waals surface area contributed by atoms with Gasteiger partial charge in [-0.05, 0) is 47.8 Å². The summed E-state index contributed by atoms with van der Waals surface area (Å²) >= 11 is 4.53. The molecule has 0 amide bonds. The van der Waals surface area contributed by atoms with E-state index in [1.54, 1.807) is 19.1 Å². The lowest BCUT2D eigenvalue weighted by atomic mass is 10.1. The summed E-state index contributed by atoms with van der Waals surface area (Å²) in [6, 6.07) is 4.97. The highest BCUT2D eigenvalue weighted by Gasteiger charge is 2.38. The van der Waals surface area contributed by atoms with E-state index >= 15 is 0 Å². The zero-order valence-corrected chi connectivity index (χ0v) is 14.0. The minimum atomic E-state index is -3.47. The van der Waals surface area contributed by atoms with Crippen molar-refractivity contribution in [2.75, 3.05) is 6.54 Å². The van der Waals surface area contributed by atoms with Gasteiger partial charge in [-0.2, -0.15) is 4.31 Å². The van der Waals surface area contributed by atoms with Gasteiger partial charge in [0.15, 0.2) is 0 Å². The molecule has 1 saturated heterocycles. The molecule has 108 valence electrons. The van der Waals surface area contributed by atoms with Crippen molar-refractivity contribution in [3.8, 4) is 0 Å². The number of halogens is 1. The zero-order valence-electron chi connectivity index (χ0n) is 10.7. The van der Waals surface area contributed by atoms with Crippen molar-refractivity contribution in [3.63, 3.8) is 0 Å². The lowest BCUT2D eigenvalue weighted by Crippen LogP contribution is -2.30. The highest BCUT2D eigenvalue weighted by atomic mass is 79.9. The zero-order chi connectivity index (χ0) is 14.3. The fourth-order valence-corrected chi connectivity index (χ4v) is 6.23. The largest absolute Gasteiger partial charge is 0.361 e. The molecule has 3 heterocycles. The number of aromatic nitrogens is 1. The number of hydrogen-bond acceptors (Lipinski definition) is 5. The summed E-state index contributed by atoms with van der Waals surface area (Å²) in [5.74, 6) is 0.697. The second-order valence-electron chi connectivity index (χ2n) is 4.69. The number of thiophene rings is 1. The molecule has 8 heteroatoms. The fourth-order valence-electron chi connectivity index (χ4n) is 2.42. The van der Waals surface area contributed by atoms with Crippen molar-refractivity contribution < 1.29 is 12.9 Å². The van der Waals surface area contributed by atoms with Gasteiger partial charge in [0.1, 0.15) is 15.7 Å². The van der Waals surface area contributed by atoms with Crippen molar-refractivity contribution in [2.24, 2.45) is 0 Å². The first-order chi connectivity index (χ1) is 9.48. The molecule has 0 bridgehead atoms. The third-order valence-electron chi connectivity index (χ3n) is 3.30. The van der Waals surface area contributed by atoms with Crippen molar-refractivity contribution in [3.05, 3.63) is 33.4 Å². The van der Waals surface area contributed by atoms with E-state index in [9.17, 15) is 8.42 Å². The first-order valence-electron chi connectivity index (χ1n) is 6.19. The lowest BCUT2D eigenvalue weighted by molar-refractivity contribution is 0.350. The van der Waals surface area contributed by atoms with Gasteiger partial charge in [0.25, 0.3) is 10.0 Å². The van der Waals surface area contributed by atoms with Gasteiger partial charge in [-0.1, -0.05) is 5.16 Å². The molecule has 0 unspecified atom stereocenters. The Morgan fingerprint density at radius 2 is 2.30 bits per heavy atom. The molecule has 20 heavy (non-hydrogen) atoms. The minimum Gasteiger partial charge on any atom is -0.361 e. The number of nitrogens with zero attached hydrogens (tertiary/aromatic N) is 2. The van der Waals surface area contributed by atoms with Crippen LogP contribution in [0.3, 0.4) is 0 Å². The number of aryl methyl sites for hydroxylation is 1. The lowest BCUT2D eigenvalue weighted by Gasteiger charge is -2.21. The van der Waals surface area contributed by atoms with Crippen LogP contribution in [0.2, 0.25) is 0 Å². The van der Waals surface area contributed by atoms with Crippen molar-refractivity contribution >= 4 is 37.3 Å². The molecule has 1 atom stereocenters. The maximum Gasteiger partial charge on any atom is 0.253 e. The Labute approximate surface area is 129 Å². The van der Waals surface area contributed by atoms with Crippen LogP contribution in [0.4, 0.5) is 0 Å². The summed E-state index contributed by atoms with van der Waals surface area (Å²) in [6.07, 6.45) is 1.61. The van der Waals surface area contributed by atoms with Gasteiger partial charge >= 0.3 is 0 Å². The maximum atomic E-state index is 12.7. The van der Waals surface area contributed by atoms with E-state index in [4.69, 9.17) is 4.52 Å². The Morgan fingerprint density at radius 1 is 1.50 bits per heavy atom. The van der Waals surface area contributed by atoms with Crippen LogP contribution in [0.15, 0.2) is 30.7 Å². The summed E-state index contributed by atoms with van der Waals surface area (Å²) in [5.41, 5.74) is 0.694. The van der Waals surface area contributed by atoms with E-state index in [0.29, 0.717) is 22.2 Å². The molecule has 2 aromatic rings. The van der Waals surface area contributed by atoms with Crippen LogP contribution in [-0.4, -0.2) is 24.4 Å². The van der Waals surface area contributed by atoms with E-state index < -0.39 is 10.0 Å². The van der Waals surface area contributed by atoms with Crippen LogP contribution in [-0.2, 0) is 10.0 Å². The summed E-state index contributed by atoms with van der Waals surface area (Å²) in [4.78, 5) is 0. The third-order valence-corrected chi connectivity index (χ3v) is 7.30. The SMILES string of the molecule is Cc1cc([C@H]2CCCN2S(=O)(=O)c2ccc(Br)s2)no1. The molecule has 2 aromatic heterocycles. The summed E-state index contributed by atoms with van der Waals surface area (Å²) in [5, 5.41) is 3.97. The van der Waals surface area contributed by atoms with E-state index in [1.807, 2.05) is 6.07 Å². The standard InChI is InChI=1S/C12H13BrN2O3S2/c1-8-7-9(14-18-8)10-3-2-6-15(10)20(16,17)12-5-4-11(13)19-12/h4-5,7,10H,2-3,6H2,1H3/t10-/m1/s1. The Bertz CT molecular complexity index is 723. The van der Waals surface area contributed by atoms with Gasteiger partial charge in [-0.15, -0.1) is 11.3 Å². The molecule has 0 aliphatic carbocycles. The van der Waals surface area contributed by atoms with Crippen molar-refractivity contribution in [1.82, 2.24) is 9.46 Å². The monoisotopic (exact) mass is 376 g/mol. The molecule has 0 aromatic carbocycles. The van der Waals surface area contributed by atoms with Gasteiger partial charge in [0.2, 0.25) is 0 Å². The normalized spacial score (nSPS) is 20.6. The predicted octanol–water partition coefficient (Wildman–Crippen LogP) is 3.33. The molecule has 0 radical (unpaired) electrons. The predicted molar refractivity (Wildman–Crippen MR) is 79.1 cm³/mol. The Morgan fingerprint density at radius 3 is 2.90 bits per heavy atom. The molecule has 0 N–H and O–H groups in total. The topological polar surface area (TPSA) is 63.4 Å². The average molecular weight is 377 g/mol. The summed E-state index contributed by atoms with van der Waals surface area (Å²) in [7, 11) is -3.47. The Kier molecular flexibility index (Phi) is 3.74. The summed E-state index contributed by atoms with van der Waals surface area (Å²) < 4.78 is 33.2. The van der Waals surface area contributed by atoms with Crippen molar-refractivity contribution in [1.29, 1.82) is 0 Å². The Hall–Kier alpha value is -0.700. The average Bonchev–Trinajstić information content (AvgIpc) is 3.07. The highest BCUT2D eigenvalue weighted by molar-refractivity contribution is 9.11. The number of sulfonamides is 1. The van der Waals surface area contributed by atoms with Gasteiger partial charge in [0.05, 0.1) is 9.83 Å². The van der Waals surface area contributed by atoms with Crippen LogP contribution >= 0.6 is 27.3 Å². The van der Waals surface area contributed by atoms with Gasteiger partial charge < -0.3 is 4.52 Å². The molecular formula is C12H13BrN2O3S2. The number of rotatable bonds is 3. The van der Waals surface area contributed by atoms with E-state index in [2.05, 4.69) is 21.1 Å². The summed E-state index contributed by atoms with van der Waals surface area (Å²) in [6.45, 7) is 2.33. The van der Waals surface area contributed by atoms with E-state index in [0.717, 1.165) is 16.6 Å². The quantitative estimate of drug-likeness (QED) is 0.823. The molecule has 1 aliphatic heterocycles. The molecule has 3 rings (SSSR count). The van der Waals surface area contributed by atoms with Crippen LogP contribution in [0.5, 0.6) is 0 Å². The molecule has 1 aliphatic rings. The van der Waals surface area contributed by atoms with Crippen LogP contribution in [0.25, 0.3) is 0 Å². The van der Waals surface area contributed by atoms with Gasteiger partial charge in [-0.3, -0.25) is 0 Å². The van der Waals surface area contributed by atoms with E-state index in [1.165, 1.54) is 15.6 Å². The molecule has 1 fully saturated rings. The molecule has 0 spiro atoms. The molecule has 5 nitrogen and oxygen atoms in total. The highest BCUT2D eigenvalue weighted by Crippen LogP contribution is 2.38. The number of hydrogen-bond donors (Lipinski definition) is 0. The van der Waals surface area contributed by atoms with Crippen LogP contribution in [0, 0.1) is 6.92 Å². The van der Waals surface area contributed by atoms with Crippen LogP contribution < -0.4 is 0 Å². The maximum absolute atomic E-state index is 12.7. The smallest absolute Gasteiger partial charge is 0.253 e. The minimum absolute atomic E-state index is 0.224. The van der Waals surface area contributed by atoms with Gasteiger partial charge in [-0.25, -0.2) is 8.42 Å². The first kappa shape index (κ1) is 14.2. The second-order valence-corrected chi connectivity index (χ2v) is 9.28. The Balaban J connectivity index is 1.96. The fraction of sp³-hybridized carbons (Fsp3) is 0.417. The third kappa shape index (κ3) is 2.45. The van der Waals surface area contributed by atoms with Crippen molar-refractivity contribution in [2.45, 2.75) is 30.0 Å². The molecule has 0 saturated carbocycles. The first-order valence-corrected chi connectivity index (χ1v) is 9.24. The van der Waals surface area contributed by atoms with E-state index in [-0.39, 0.29) is 6.04 Å². The van der Waals surface area contributed by atoms with Crippen LogP contribution in [0.1, 0.15) is 30.3 Å². The molecular weight excluding hydrogens is 364 g/mol. The van der Waals surface area contributed by atoms with Gasteiger partial charge in [0, 0.05) is 12.6 Å². The second kappa shape index (κ2) is 5.25.